The van der Waals surface area contributed by atoms with Gasteiger partial charge in [0.1, 0.15) is 5.03 Å². The number of ether oxygens (including phenoxy) is 1. The molecule has 4 aliphatic rings. The maximum atomic E-state index is 12.4. The van der Waals surface area contributed by atoms with Gasteiger partial charge in [-0.3, -0.25) is 10.1 Å². The van der Waals surface area contributed by atoms with E-state index in [9.17, 15) is 14.4 Å². The number of amides is 3. The zero-order valence-electron chi connectivity index (χ0n) is 15.9. The molecular formula is C20H25N3O4S. The number of urea groups is 1. The maximum Gasteiger partial charge on any atom is 0.341 e. The summed E-state index contributed by atoms with van der Waals surface area (Å²) in [5.74, 6) is 0.842. The molecule has 28 heavy (non-hydrogen) atoms. The summed E-state index contributed by atoms with van der Waals surface area (Å²) in [6.45, 7) is -0.504. The van der Waals surface area contributed by atoms with Crippen molar-refractivity contribution < 1.29 is 19.1 Å². The monoisotopic (exact) mass is 403 g/mol. The van der Waals surface area contributed by atoms with Crippen LogP contribution in [0.1, 0.15) is 48.9 Å². The van der Waals surface area contributed by atoms with Crippen molar-refractivity contribution in [2.24, 2.45) is 17.8 Å². The van der Waals surface area contributed by atoms with Gasteiger partial charge in [-0.15, -0.1) is 11.8 Å². The van der Waals surface area contributed by atoms with Crippen LogP contribution in [0.5, 0.6) is 0 Å². The van der Waals surface area contributed by atoms with Gasteiger partial charge in [-0.25, -0.2) is 14.6 Å². The Bertz CT molecular complexity index is 762. The maximum absolute atomic E-state index is 12.4. The van der Waals surface area contributed by atoms with Crippen molar-refractivity contribution in [3.63, 3.8) is 0 Å². The third-order valence-corrected chi connectivity index (χ3v) is 6.90. The Morgan fingerprint density at radius 3 is 2.43 bits per heavy atom. The number of imide groups is 1. The summed E-state index contributed by atoms with van der Waals surface area (Å²) in [5.41, 5.74) is 0.138. The van der Waals surface area contributed by atoms with Gasteiger partial charge in [-0.05, 0) is 74.7 Å². The molecule has 5 rings (SSSR count). The summed E-state index contributed by atoms with van der Waals surface area (Å²) in [6, 6.07) is 2.74. The zero-order chi connectivity index (χ0) is 19.7. The molecular weight excluding hydrogens is 378 g/mol. The predicted octanol–water partition coefficient (Wildman–Crippen LogP) is 2.75. The molecule has 4 aliphatic carbocycles. The number of carbonyl (C=O) groups excluding carboxylic acids is 3. The molecule has 150 valence electrons. The second-order valence-electron chi connectivity index (χ2n) is 8.34. The lowest BCUT2D eigenvalue weighted by Gasteiger charge is -2.56. The molecule has 7 nitrogen and oxygen atoms in total. The van der Waals surface area contributed by atoms with Gasteiger partial charge in [0.25, 0.3) is 5.91 Å². The van der Waals surface area contributed by atoms with E-state index < -0.39 is 24.5 Å². The van der Waals surface area contributed by atoms with E-state index in [0.717, 1.165) is 19.3 Å². The highest BCUT2D eigenvalue weighted by atomic mass is 32.2. The van der Waals surface area contributed by atoms with Crippen molar-refractivity contribution in [2.45, 2.75) is 49.1 Å². The molecule has 2 N–H and O–H groups in total. The zero-order valence-corrected chi connectivity index (χ0v) is 16.7. The first-order valence-electron chi connectivity index (χ1n) is 9.74. The van der Waals surface area contributed by atoms with Crippen LogP contribution in [0.25, 0.3) is 0 Å². The molecule has 1 aromatic heterocycles. The third-order valence-electron chi connectivity index (χ3n) is 6.19. The molecule has 0 radical (unpaired) electrons. The summed E-state index contributed by atoms with van der Waals surface area (Å²) in [4.78, 5) is 40.7. The van der Waals surface area contributed by atoms with Crippen LogP contribution in [-0.2, 0) is 9.53 Å². The van der Waals surface area contributed by atoms with E-state index >= 15 is 0 Å². The van der Waals surface area contributed by atoms with Gasteiger partial charge < -0.3 is 10.1 Å². The summed E-state index contributed by atoms with van der Waals surface area (Å²) in [7, 11) is 0. The molecule has 1 aromatic rings. The topological polar surface area (TPSA) is 97.4 Å². The summed E-state index contributed by atoms with van der Waals surface area (Å²) in [5, 5.41) is 5.91. The molecule has 8 heteroatoms. The van der Waals surface area contributed by atoms with Crippen molar-refractivity contribution in [3.05, 3.63) is 23.9 Å². The average Bonchev–Trinajstić information content (AvgIpc) is 2.64. The highest BCUT2D eigenvalue weighted by Crippen LogP contribution is 2.55. The fraction of sp³-hybridized carbons (Fsp3) is 0.600. The molecule has 3 amide bonds. The van der Waals surface area contributed by atoms with Gasteiger partial charge in [0, 0.05) is 11.7 Å². The number of rotatable bonds is 5. The largest absolute Gasteiger partial charge is 0.452 e. The van der Waals surface area contributed by atoms with Crippen LogP contribution >= 0.6 is 11.8 Å². The van der Waals surface area contributed by atoms with E-state index in [4.69, 9.17) is 4.74 Å². The van der Waals surface area contributed by atoms with E-state index in [1.807, 2.05) is 0 Å². The Balaban J connectivity index is 1.27. The van der Waals surface area contributed by atoms with Gasteiger partial charge >= 0.3 is 12.0 Å². The Hall–Kier alpha value is -2.09. The average molecular weight is 404 g/mol. The number of thioether (sulfide) groups is 1. The van der Waals surface area contributed by atoms with Gasteiger partial charge in [0.2, 0.25) is 0 Å². The van der Waals surface area contributed by atoms with Crippen LogP contribution in [0.15, 0.2) is 23.4 Å². The number of nitrogens with one attached hydrogen (secondary N) is 2. The lowest BCUT2D eigenvalue weighted by atomic mass is 9.53. The van der Waals surface area contributed by atoms with Gasteiger partial charge in [0.05, 0.1) is 5.56 Å². The predicted molar refractivity (Wildman–Crippen MR) is 104 cm³/mol. The fourth-order valence-corrected chi connectivity index (χ4v) is 6.15. The van der Waals surface area contributed by atoms with Crippen molar-refractivity contribution in [1.82, 2.24) is 15.6 Å². The van der Waals surface area contributed by atoms with E-state index in [1.54, 1.807) is 24.6 Å². The van der Waals surface area contributed by atoms with Crippen LogP contribution in [0.3, 0.4) is 0 Å². The Morgan fingerprint density at radius 1 is 1.18 bits per heavy atom. The minimum Gasteiger partial charge on any atom is -0.452 e. The molecule has 4 bridgehead atoms. The highest BCUT2D eigenvalue weighted by molar-refractivity contribution is 7.98. The summed E-state index contributed by atoms with van der Waals surface area (Å²) < 4.78 is 5.04. The molecule has 0 spiro atoms. The molecule has 0 unspecified atom stereocenters. The Kier molecular flexibility index (Phi) is 5.31. The van der Waals surface area contributed by atoms with Gasteiger partial charge in [-0.1, -0.05) is 0 Å². The molecule has 0 aliphatic heterocycles. The first-order valence-corrected chi connectivity index (χ1v) is 11.0. The quantitative estimate of drug-likeness (QED) is 0.580. The SMILES string of the molecule is CSc1ncccc1C(=O)OCC(=O)NC(=O)NC12CC3CC(CC(C3)C1)C2. The van der Waals surface area contributed by atoms with Crippen LogP contribution in [-0.4, -0.2) is 41.3 Å². The lowest BCUT2D eigenvalue weighted by Crippen LogP contribution is -2.62. The second kappa shape index (κ2) is 7.73. The smallest absolute Gasteiger partial charge is 0.341 e. The van der Waals surface area contributed by atoms with Crippen molar-refractivity contribution >= 4 is 29.7 Å². The van der Waals surface area contributed by atoms with Crippen LogP contribution in [0.4, 0.5) is 4.79 Å². The molecule has 0 saturated heterocycles. The van der Waals surface area contributed by atoms with Gasteiger partial charge in [-0.2, -0.15) is 0 Å². The lowest BCUT2D eigenvalue weighted by molar-refractivity contribution is -0.123. The number of pyridine rings is 1. The molecule has 4 fully saturated rings. The van der Waals surface area contributed by atoms with E-state index in [1.165, 1.54) is 31.0 Å². The van der Waals surface area contributed by atoms with E-state index in [-0.39, 0.29) is 5.54 Å². The third kappa shape index (κ3) is 4.01. The Morgan fingerprint density at radius 2 is 1.82 bits per heavy atom. The standard InChI is InChI=1S/C20H25N3O4S/c1-28-17-15(3-2-4-21-17)18(25)27-11-16(24)22-19(26)23-20-8-12-5-13(9-20)7-14(6-12)10-20/h2-4,12-14H,5-11H2,1H3,(H2,22,23,24,26). The number of carbonyl (C=O) groups is 3. The highest BCUT2D eigenvalue weighted by Gasteiger charge is 2.51. The van der Waals surface area contributed by atoms with Crippen molar-refractivity contribution in [1.29, 1.82) is 0 Å². The molecule has 0 aromatic carbocycles. The second-order valence-corrected chi connectivity index (χ2v) is 9.13. The first-order chi connectivity index (χ1) is 13.5. The minimum atomic E-state index is -0.634. The number of hydrogen-bond acceptors (Lipinski definition) is 6. The summed E-state index contributed by atoms with van der Waals surface area (Å²) >= 11 is 1.32. The number of esters is 1. The number of hydrogen-bond donors (Lipinski definition) is 2. The molecule has 1 heterocycles. The summed E-state index contributed by atoms with van der Waals surface area (Å²) in [6.07, 6.45) is 10.3. The van der Waals surface area contributed by atoms with Crippen LogP contribution in [0.2, 0.25) is 0 Å². The van der Waals surface area contributed by atoms with E-state index in [2.05, 4.69) is 15.6 Å². The van der Waals surface area contributed by atoms with E-state index in [0.29, 0.717) is 28.3 Å². The minimum absolute atomic E-state index is 0.168. The number of aromatic nitrogens is 1. The van der Waals surface area contributed by atoms with Crippen LogP contribution < -0.4 is 10.6 Å². The van der Waals surface area contributed by atoms with Crippen molar-refractivity contribution in [2.75, 3.05) is 12.9 Å². The molecule has 4 saturated carbocycles. The fourth-order valence-electron chi connectivity index (χ4n) is 5.62. The number of nitrogens with zero attached hydrogens (tertiary/aromatic N) is 1. The van der Waals surface area contributed by atoms with Crippen molar-refractivity contribution in [3.8, 4) is 0 Å². The molecule has 0 atom stereocenters. The normalized spacial score (nSPS) is 30.0. The van der Waals surface area contributed by atoms with Gasteiger partial charge in [0.15, 0.2) is 6.61 Å². The Labute approximate surface area is 168 Å². The van der Waals surface area contributed by atoms with Crippen LogP contribution in [0, 0.1) is 17.8 Å². The first kappa shape index (κ1) is 19.2.